The van der Waals surface area contributed by atoms with Crippen LogP contribution in [0.3, 0.4) is 0 Å². The van der Waals surface area contributed by atoms with Gasteiger partial charge in [-0.2, -0.15) is 0 Å². The zero-order valence-corrected chi connectivity index (χ0v) is 9.93. The molecule has 1 aromatic heterocycles. The highest BCUT2D eigenvalue weighted by Gasteiger charge is 2.26. The van der Waals surface area contributed by atoms with E-state index in [2.05, 4.69) is 21.4 Å². The molecule has 1 aliphatic rings. The van der Waals surface area contributed by atoms with E-state index >= 15 is 0 Å². The number of nitrogens with zero attached hydrogens (tertiary/aromatic N) is 1. The van der Waals surface area contributed by atoms with E-state index in [-0.39, 0.29) is 0 Å². The molecule has 1 aliphatic carbocycles. The Morgan fingerprint density at radius 1 is 1.50 bits per heavy atom. The Bertz CT molecular complexity index is 528. The van der Waals surface area contributed by atoms with Crippen LogP contribution in [0.4, 0.5) is 0 Å². The minimum Gasteiger partial charge on any atom is -0.342 e. The third kappa shape index (κ3) is 1.70. The molecule has 3 rings (SSSR count). The number of aromatic nitrogens is 2. The zero-order valence-electron chi connectivity index (χ0n) is 9.18. The Morgan fingerprint density at radius 3 is 3.00 bits per heavy atom. The van der Waals surface area contributed by atoms with Gasteiger partial charge in [-0.3, -0.25) is 0 Å². The summed E-state index contributed by atoms with van der Waals surface area (Å²) in [6.45, 7) is 0.784. The van der Waals surface area contributed by atoms with Crippen LogP contribution in [-0.2, 0) is 6.54 Å². The number of nitrogens with one attached hydrogen (secondary N) is 2. The number of rotatable bonds is 3. The van der Waals surface area contributed by atoms with Gasteiger partial charge in [0.05, 0.1) is 11.0 Å². The average molecular weight is 236 g/mol. The van der Waals surface area contributed by atoms with Gasteiger partial charge in [0, 0.05) is 17.5 Å². The van der Waals surface area contributed by atoms with Crippen LogP contribution in [0, 0.1) is 0 Å². The van der Waals surface area contributed by atoms with Gasteiger partial charge in [-0.25, -0.2) is 4.98 Å². The Hall–Kier alpha value is -1.06. The van der Waals surface area contributed by atoms with Crippen molar-refractivity contribution in [2.24, 2.45) is 0 Å². The smallest absolute Gasteiger partial charge is 0.110 e. The molecule has 0 aliphatic heterocycles. The predicted molar refractivity (Wildman–Crippen MR) is 65.8 cm³/mol. The van der Waals surface area contributed by atoms with Gasteiger partial charge in [-0.05, 0) is 37.6 Å². The monoisotopic (exact) mass is 235 g/mol. The highest BCUT2D eigenvalue weighted by atomic mass is 35.5. The van der Waals surface area contributed by atoms with Crippen molar-refractivity contribution in [1.29, 1.82) is 0 Å². The maximum absolute atomic E-state index is 6.19. The van der Waals surface area contributed by atoms with Crippen molar-refractivity contribution in [2.45, 2.75) is 25.3 Å². The topological polar surface area (TPSA) is 40.7 Å². The molecular weight excluding hydrogens is 222 g/mol. The first kappa shape index (κ1) is 10.1. The molecule has 0 atom stereocenters. The number of imidazole rings is 1. The molecule has 1 heterocycles. The fourth-order valence-electron chi connectivity index (χ4n) is 1.97. The molecule has 1 fully saturated rings. The minimum absolute atomic E-state index is 0.652. The van der Waals surface area contributed by atoms with Crippen molar-refractivity contribution in [3.05, 3.63) is 28.5 Å². The molecule has 1 aromatic carbocycles. The third-order valence-corrected chi connectivity index (χ3v) is 3.35. The first-order valence-corrected chi connectivity index (χ1v) is 5.98. The van der Waals surface area contributed by atoms with Crippen molar-refractivity contribution < 1.29 is 0 Å². The highest BCUT2D eigenvalue weighted by molar-refractivity contribution is 6.32. The predicted octanol–water partition coefficient (Wildman–Crippen LogP) is 2.81. The van der Waals surface area contributed by atoms with Crippen LogP contribution >= 0.6 is 11.6 Å². The summed E-state index contributed by atoms with van der Waals surface area (Å²) in [6.07, 6.45) is 2.52. The van der Waals surface area contributed by atoms with Gasteiger partial charge >= 0.3 is 0 Å². The van der Waals surface area contributed by atoms with E-state index in [0.29, 0.717) is 5.92 Å². The number of fused-ring (bicyclic) bond motifs is 1. The second kappa shape index (κ2) is 3.75. The van der Waals surface area contributed by atoms with Gasteiger partial charge < -0.3 is 10.3 Å². The van der Waals surface area contributed by atoms with Gasteiger partial charge in [0.25, 0.3) is 0 Å². The minimum atomic E-state index is 0.652. The molecule has 0 unspecified atom stereocenters. The van der Waals surface area contributed by atoms with Crippen molar-refractivity contribution in [1.82, 2.24) is 15.3 Å². The summed E-state index contributed by atoms with van der Waals surface area (Å²) < 4.78 is 0. The molecular formula is C12H14ClN3. The molecule has 4 heteroatoms. The molecule has 16 heavy (non-hydrogen) atoms. The summed E-state index contributed by atoms with van der Waals surface area (Å²) in [5.41, 5.74) is 3.19. The number of halogens is 1. The van der Waals surface area contributed by atoms with Crippen LogP contribution in [0.25, 0.3) is 11.0 Å². The lowest BCUT2D eigenvalue weighted by atomic mass is 10.2. The lowest BCUT2D eigenvalue weighted by Gasteiger charge is -2.02. The van der Waals surface area contributed by atoms with E-state index in [4.69, 9.17) is 11.6 Å². The van der Waals surface area contributed by atoms with Crippen LogP contribution in [-0.4, -0.2) is 17.0 Å². The first-order chi connectivity index (χ1) is 7.78. The highest BCUT2D eigenvalue weighted by Crippen LogP contribution is 2.39. The van der Waals surface area contributed by atoms with Crippen molar-refractivity contribution in [3.63, 3.8) is 0 Å². The number of benzene rings is 1. The van der Waals surface area contributed by atoms with Crippen molar-refractivity contribution in [2.75, 3.05) is 7.05 Å². The van der Waals surface area contributed by atoms with Crippen LogP contribution in [0.5, 0.6) is 0 Å². The quantitative estimate of drug-likeness (QED) is 0.859. The standard InChI is InChI=1S/C12H14ClN3/c1-14-6-8-4-10-11(5-9(8)13)16-12(15-10)7-2-3-7/h4-5,7,14H,2-3,6H2,1H3,(H,15,16). The number of aromatic amines is 1. The van der Waals surface area contributed by atoms with Gasteiger partial charge in [-0.15, -0.1) is 0 Å². The Kier molecular flexibility index (Phi) is 2.37. The van der Waals surface area contributed by atoms with E-state index in [1.54, 1.807) is 0 Å². The van der Waals surface area contributed by atoms with E-state index in [1.165, 1.54) is 12.8 Å². The summed E-state index contributed by atoms with van der Waals surface area (Å²) in [5, 5.41) is 3.90. The molecule has 0 bridgehead atoms. The third-order valence-electron chi connectivity index (χ3n) is 3.00. The Balaban J connectivity index is 2.08. The molecule has 0 spiro atoms. The van der Waals surface area contributed by atoms with Gasteiger partial charge in [0.2, 0.25) is 0 Å². The number of hydrogen-bond donors (Lipinski definition) is 2. The van der Waals surface area contributed by atoms with E-state index in [1.807, 2.05) is 13.1 Å². The van der Waals surface area contributed by atoms with E-state index < -0.39 is 0 Å². The van der Waals surface area contributed by atoms with Crippen LogP contribution in [0.15, 0.2) is 12.1 Å². The second-order valence-electron chi connectivity index (χ2n) is 4.39. The molecule has 0 radical (unpaired) electrons. The molecule has 0 amide bonds. The largest absolute Gasteiger partial charge is 0.342 e. The van der Waals surface area contributed by atoms with E-state index in [9.17, 15) is 0 Å². The Morgan fingerprint density at radius 2 is 2.31 bits per heavy atom. The summed E-state index contributed by atoms with van der Waals surface area (Å²) >= 11 is 6.19. The van der Waals surface area contributed by atoms with Crippen molar-refractivity contribution in [3.8, 4) is 0 Å². The SMILES string of the molecule is CNCc1cc2[nH]c(C3CC3)nc2cc1Cl. The van der Waals surface area contributed by atoms with Crippen LogP contribution < -0.4 is 5.32 Å². The van der Waals surface area contributed by atoms with Gasteiger partial charge in [0.1, 0.15) is 5.82 Å². The van der Waals surface area contributed by atoms with Crippen LogP contribution in [0.1, 0.15) is 30.1 Å². The average Bonchev–Trinajstić information content (AvgIpc) is 3.02. The second-order valence-corrected chi connectivity index (χ2v) is 4.79. The summed E-state index contributed by atoms with van der Waals surface area (Å²) in [5.74, 6) is 1.77. The zero-order chi connectivity index (χ0) is 11.1. The molecule has 0 saturated heterocycles. The van der Waals surface area contributed by atoms with Crippen LogP contribution in [0.2, 0.25) is 5.02 Å². The fourth-order valence-corrected chi connectivity index (χ4v) is 2.20. The molecule has 2 N–H and O–H groups in total. The molecule has 2 aromatic rings. The van der Waals surface area contributed by atoms with Crippen molar-refractivity contribution >= 4 is 22.6 Å². The number of hydrogen-bond acceptors (Lipinski definition) is 2. The maximum atomic E-state index is 6.19. The maximum Gasteiger partial charge on any atom is 0.110 e. The first-order valence-electron chi connectivity index (χ1n) is 5.60. The molecule has 1 saturated carbocycles. The normalized spacial score (nSPS) is 15.9. The fraction of sp³-hybridized carbons (Fsp3) is 0.417. The lowest BCUT2D eigenvalue weighted by Crippen LogP contribution is -2.05. The van der Waals surface area contributed by atoms with Gasteiger partial charge in [0.15, 0.2) is 0 Å². The lowest BCUT2D eigenvalue weighted by molar-refractivity contribution is 0.819. The summed E-state index contributed by atoms with van der Waals surface area (Å²) in [4.78, 5) is 7.96. The summed E-state index contributed by atoms with van der Waals surface area (Å²) in [6, 6.07) is 4.04. The Labute approximate surface area is 99.2 Å². The van der Waals surface area contributed by atoms with Gasteiger partial charge in [-0.1, -0.05) is 11.6 Å². The molecule has 3 nitrogen and oxygen atoms in total. The van der Waals surface area contributed by atoms with E-state index in [0.717, 1.165) is 34.0 Å². The summed E-state index contributed by atoms with van der Waals surface area (Å²) in [7, 11) is 1.92. The molecule has 84 valence electrons. The number of H-pyrrole nitrogens is 1.